The molecule has 1 unspecified atom stereocenters. The van der Waals surface area contributed by atoms with Gasteiger partial charge in [0, 0.05) is 42.7 Å². The lowest BCUT2D eigenvalue weighted by Gasteiger charge is -2.33. The molecule has 2 N–H and O–H groups in total. The highest BCUT2D eigenvalue weighted by Gasteiger charge is 2.35. The smallest absolute Gasteiger partial charge is 0.251 e. The predicted octanol–water partition coefficient (Wildman–Crippen LogP) is 2.95. The van der Waals surface area contributed by atoms with Gasteiger partial charge in [0.05, 0.1) is 0 Å². The Balaban J connectivity index is 1.50. The summed E-state index contributed by atoms with van der Waals surface area (Å²) in [6.45, 7) is 3.45. The number of carbonyl (C=O) groups excluding carboxylic acids is 3. The van der Waals surface area contributed by atoms with Gasteiger partial charge in [-0.15, -0.1) is 0 Å². The van der Waals surface area contributed by atoms with E-state index in [-0.39, 0.29) is 29.7 Å². The first-order chi connectivity index (χ1) is 13.1. The molecule has 1 saturated heterocycles. The van der Waals surface area contributed by atoms with Crippen molar-refractivity contribution in [1.29, 1.82) is 0 Å². The lowest BCUT2D eigenvalue weighted by Crippen LogP contribution is -2.50. The van der Waals surface area contributed by atoms with E-state index in [0.717, 1.165) is 45.1 Å². The molecule has 3 amide bonds. The number of rotatable bonds is 7. The van der Waals surface area contributed by atoms with Crippen molar-refractivity contribution >= 4 is 23.4 Å². The van der Waals surface area contributed by atoms with Gasteiger partial charge in [-0.05, 0) is 56.4 Å². The first-order valence-electron chi connectivity index (χ1n) is 10.1. The van der Waals surface area contributed by atoms with Gasteiger partial charge in [-0.2, -0.15) is 0 Å². The van der Waals surface area contributed by atoms with Crippen LogP contribution >= 0.6 is 0 Å². The van der Waals surface area contributed by atoms with E-state index in [1.165, 1.54) is 0 Å². The summed E-state index contributed by atoms with van der Waals surface area (Å²) in [5, 5.41) is 5.89. The van der Waals surface area contributed by atoms with Gasteiger partial charge in [-0.1, -0.05) is 13.3 Å². The molecular formula is C21H29N3O3. The van der Waals surface area contributed by atoms with Gasteiger partial charge in [0.1, 0.15) is 0 Å². The van der Waals surface area contributed by atoms with Gasteiger partial charge in [0.25, 0.3) is 5.91 Å². The van der Waals surface area contributed by atoms with Gasteiger partial charge in [0.15, 0.2) is 0 Å². The zero-order chi connectivity index (χ0) is 19.2. The lowest BCUT2D eigenvalue weighted by atomic mass is 10.0. The first-order valence-corrected chi connectivity index (χ1v) is 10.1. The van der Waals surface area contributed by atoms with Crippen LogP contribution in [0.5, 0.6) is 0 Å². The van der Waals surface area contributed by atoms with Crippen molar-refractivity contribution in [1.82, 2.24) is 10.2 Å². The van der Waals surface area contributed by atoms with Crippen LogP contribution in [0.3, 0.4) is 0 Å². The van der Waals surface area contributed by atoms with Gasteiger partial charge in [-0.3, -0.25) is 14.4 Å². The number of carbonyl (C=O) groups is 3. The second kappa shape index (κ2) is 9.02. The maximum Gasteiger partial charge on any atom is 0.251 e. The third kappa shape index (κ3) is 5.55. The highest BCUT2D eigenvalue weighted by Crippen LogP contribution is 2.31. The van der Waals surface area contributed by atoms with E-state index >= 15 is 0 Å². The zero-order valence-corrected chi connectivity index (χ0v) is 16.0. The maximum atomic E-state index is 12.5. The van der Waals surface area contributed by atoms with Crippen molar-refractivity contribution in [2.75, 3.05) is 18.4 Å². The number of amides is 3. The summed E-state index contributed by atoms with van der Waals surface area (Å²) in [4.78, 5) is 38.4. The van der Waals surface area contributed by atoms with Crippen molar-refractivity contribution < 1.29 is 14.4 Å². The molecule has 1 saturated carbocycles. The molecule has 1 atom stereocenters. The van der Waals surface area contributed by atoms with Crippen molar-refractivity contribution in [3.8, 4) is 0 Å². The van der Waals surface area contributed by atoms with Gasteiger partial charge < -0.3 is 15.5 Å². The topological polar surface area (TPSA) is 78.5 Å². The normalized spacial score (nSPS) is 19.4. The minimum absolute atomic E-state index is 0.00220. The Labute approximate surface area is 160 Å². The molecule has 1 aromatic rings. The Bertz CT molecular complexity index is 682. The first kappa shape index (κ1) is 19.4. The number of unbranched alkanes of at least 4 members (excludes halogenated alkanes) is 1. The standard InChI is InChI=1S/C21H29N3O3/c1-2-3-6-19(25)22-17-11-9-15(10-12-17)20(26)23-18-5-4-13-24(14-18)21(27)16-7-8-16/h9-12,16,18H,2-8,13-14H2,1H3,(H,22,25)(H,23,26). The Morgan fingerprint density at radius 3 is 2.52 bits per heavy atom. The molecule has 2 fully saturated rings. The maximum absolute atomic E-state index is 12.5. The number of piperidine rings is 1. The SMILES string of the molecule is CCCCC(=O)Nc1ccc(C(=O)NC2CCCN(C(=O)C3CC3)C2)cc1. The van der Waals surface area contributed by atoms with Crippen molar-refractivity contribution in [3.63, 3.8) is 0 Å². The number of benzene rings is 1. The molecule has 146 valence electrons. The summed E-state index contributed by atoms with van der Waals surface area (Å²) in [6, 6.07) is 6.95. The van der Waals surface area contributed by atoms with Crippen LogP contribution in [0.25, 0.3) is 0 Å². The van der Waals surface area contributed by atoms with E-state index in [0.29, 0.717) is 24.2 Å². The molecule has 1 aromatic carbocycles. The van der Waals surface area contributed by atoms with Gasteiger partial charge >= 0.3 is 0 Å². The van der Waals surface area contributed by atoms with E-state index in [1.54, 1.807) is 24.3 Å². The molecule has 1 heterocycles. The lowest BCUT2D eigenvalue weighted by molar-refractivity contribution is -0.133. The van der Waals surface area contributed by atoms with E-state index in [1.807, 2.05) is 11.8 Å². The summed E-state index contributed by atoms with van der Waals surface area (Å²) < 4.78 is 0. The Hall–Kier alpha value is -2.37. The minimum atomic E-state index is -0.135. The second-order valence-corrected chi connectivity index (χ2v) is 7.60. The molecule has 0 spiro atoms. The molecule has 6 nitrogen and oxygen atoms in total. The quantitative estimate of drug-likeness (QED) is 0.773. The molecule has 1 aliphatic carbocycles. The van der Waals surface area contributed by atoms with Crippen molar-refractivity contribution in [2.45, 2.75) is 57.9 Å². The molecule has 6 heteroatoms. The van der Waals surface area contributed by atoms with E-state index in [2.05, 4.69) is 10.6 Å². The second-order valence-electron chi connectivity index (χ2n) is 7.60. The number of hydrogen-bond donors (Lipinski definition) is 2. The summed E-state index contributed by atoms with van der Waals surface area (Å²) >= 11 is 0. The molecule has 1 aliphatic heterocycles. The summed E-state index contributed by atoms with van der Waals surface area (Å²) in [6.07, 6.45) is 6.20. The fraction of sp³-hybridized carbons (Fsp3) is 0.571. The molecule has 3 rings (SSSR count). The highest BCUT2D eigenvalue weighted by molar-refractivity contribution is 5.96. The van der Waals surface area contributed by atoms with Crippen LogP contribution in [0.2, 0.25) is 0 Å². The molecule has 0 radical (unpaired) electrons. The minimum Gasteiger partial charge on any atom is -0.348 e. The monoisotopic (exact) mass is 371 g/mol. The number of nitrogens with zero attached hydrogens (tertiary/aromatic N) is 1. The van der Waals surface area contributed by atoms with Crippen LogP contribution in [0.1, 0.15) is 62.2 Å². The largest absolute Gasteiger partial charge is 0.348 e. The van der Waals surface area contributed by atoms with Crippen LogP contribution in [0, 0.1) is 5.92 Å². The van der Waals surface area contributed by atoms with E-state index in [4.69, 9.17) is 0 Å². The van der Waals surface area contributed by atoms with E-state index in [9.17, 15) is 14.4 Å². The van der Waals surface area contributed by atoms with Crippen LogP contribution in [0.15, 0.2) is 24.3 Å². The number of likely N-dealkylation sites (tertiary alicyclic amines) is 1. The zero-order valence-electron chi connectivity index (χ0n) is 16.0. The average Bonchev–Trinajstić information content (AvgIpc) is 3.52. The van der Waals surface area contributed by atoms with Crippen LogP contribution in [-0.2, 0) is 9.59 Å². The number of nitrogens with one attached hydrogen (secondary N) is 2. The Morgan fingerprint density at radius 2 is 1.85 bits per heavy atom. The molecule has 0 aromatic heterocycles. The summed E-state index contributed by atoms with van der Waals surface area (Å²) in [5.41, 5.74) is 1.26. The third-order valence-electron chi connectivity index (χ3n) is 5.18. The molecular weight excluding hydrogens is 342 g/mol. The van der Waals surface area contributed by atoms with Crippen molar-refractivity contribution in [2.24, 2.45) is 5.92 Å². The summed E-state index contributed by atoms with van der Waals surface area (Å²) in [5.74, 6) is 0.331. The number of hydrogen-bond acceptors (Lipinski definition) is 3. The number of anilines is 1. The van der Waals surface area contributed by atoms with Crippen LogP contribution < -0.4 is 10.6 Å². The highest BCUT2D eigenvalue weighted by atomic mass is 16.2. The Kier molecular flexibility index (Phi) is 6.48. The molecule has 0 bridgehead atoms. The molecule has 2 aliphatic rings. The van der Waals surface area contributed by atoms with E-state index < -0.39 is 0 Å². The molecule has 27 heavy (non-hydrogen) atoms. The van der Waals surface area contributed by atoms with Gasteiger partial charge in [-0.25, -0.2) is 0 Å². The fourth-order valence-electron chi connectivity index (χ4n) is 3.42. The predicted molar refractivity (Wildman–Crippen MR) is 104 cm³/mol. The summed E-state index contributed by atoms with van der Waals surface area (Å²) in [7, 11) is 0. The van der Waals surface area contributed by atoms with Crippen molar-refractivity contribution in [3.05, 3.63) is 29.8 Å². The average molecular weight is 371 g/mol. The van der Waals surface area contributed by atoms with Crippen LogP contribution in [0.4, 0.5) is 5.69 Å². The van der Waals surface area contributed by atoms with Gasteiger partial charge in [0.2, 0.25) is 11.8 Å². The Morgan fingerprint density at radius 1 is 1.11 bits per heavy atom. The van der Waals surface area contributed by atoms with Crippen LogP contribution in [-0.4, -0.2) is 41.8 Å². The fourth-order valence-corrected chi connectivity index (χ4v) is 3.42. The third-order valence-corrected chi connectivity index (χ3v) is 5.18.